The number of hydrogen-bond donors (Lipinski definition) is 3. The van der Waals surface area contributed by atoms with Gasteiger partial charge in [-0.1, -0.05) is 37.5 Å². The summed E-state index contributed by atoms with van der Waals surface area (Å²) in [7, 11) is 2.56. The number of amides is 1. The van der Waals surface area contributed by atoms with Gasteiger partial charge in [-0.3, -0.25) is 4.79 Å². The van der Waals surface area contributed by atoms with Crippen molar-refractivity contribution in [3.63, 3.8) is 0 Å². The molecule has 0 aliphatic carbocycles. The van der Waals surface area contributed by atoms with Crippen molar-refractivity contribution >= 4 is 55.4 Å². The third-order valence-corrected chi connectivity index (χ3v) is 4.92. The van der Waals surface area contributed by atoms with E-state index >= 15 is 0 Å². The van der Waals surface area contributed by atoms with Gasteiger partial charge in [0, 0.05) is 15.1 Å². The molecular formula is C11H10BrNO5S2. The Morgan fingerprint density at radius 2 is 1.80 bits per heavy atom. The van der Waals surface area contributed by atoms with Crippen LogP contribution in [0.15, 0.2) is 33.6 Å². The first-order valence-corrected chi connectivity index (χ1v) is 8.33. The molecular weight excluding hydrogens is 370 g/mol. The standard InChI is InChI=1S/C11H10BrNO5S2/c12-6-1-3-7(4-2-6)20-19-5-8(10(15)16)13-9(14)11(17)18/h1-4,8H,5H2,(H,13,14)(H,15,16)(H,17,18)/t8-/m0/s1. The van der Waals surface area contributed by atoms with E-state index in [1.807, 2.05) is 29.6 Å². The minimum absolute atomic E-state index is 0.0507. The fourth-order valence-corrected chi connectivity index (χ4v) is 3.49. The lowest BCUT2D eigenvalue weighted by Crippen LogP contribution is -2.45. The van der Waals surface area contributed by atoms with Gasteiger partial charge in [0.2, 0.25) is 0 Å². The molecule has 0 heterocycles. The molecule has 0 aromatic heterocycles. The molecule has 108 valence electrons. The second-order valence-corrected chi connectivity index (χ2v) is 6.82. The molecule has 9 heteroatoms. The van der Waals surface area contributed by atoms with Gasteiger partial charge in [0.25, 0.3) is 0 Å². The van der Waals surface area contributed by atoms with Gasteiger partial charge in [0.1, 0.15) is 6.04 Å². The predicted octanol–water partition coefficient (Wildman–Crippen LogP) is 1.84. The highest BCUT2D eigenvalue weighted by Crippen LogP contribution is 2.32. The lowest BCUT2D eigenvalue weighted by Gasteiger charge is -2.12. The highest BCUT2D eigenvalue weighted by molar-refractivity contribution is 9.10. The van der Waals surface area contributed by atoms with Crippen LogP contribution in [0.4, 0.5) is 0 Å². The third kappa shape index (κ3) is 5.85. The Labute approximate surface area is 130 Å². The number of rotatable bonds is 6. The summed E-state index contributed by atoms with van der Waals surface area (Å²) in [5.74, 6) is -4.26. The van der Waals surface area contributed by atoms with Gasteiger partial charge in [-0.15, -0.1) is 0 Å². The zero-order valence-electron chi connectivity index (χ0n) is 9.91. The molecule has 3 N–H and O–H groups in total. The van der Waals surface area contributed by atoms with Gasteiger partial charge >= 0.3 is 17.8 Å². The fraction of sp³-hybridized carbons (Fsp3) is 0.182. The highest BCUT2D eigenvalue weighted by Gasteiger charge is 2.23. The van der Waals surface area contributed by atoms with E-state index in [0.717, 1.165) is 9.37 Å². The molecule has 6 nitrogen and oxygen atoms in total. The van der Waals surface area contributed by atoms with Crippen molar-refractivity contribution < 1.29 is 24.6 Å². The zero-order valence-corrected chi connectivity index (χ0v) is 13.1. The molecule has 1 rings (SSSR count). The molecule has 20 heavy (non-hydrogen) atoms. The monoisotopic (exact) mass is 379 g/mol. The third-order valence-electron chi connectivity index (χ3n) is 2.00. The summed E-state index contributed by atoms with van der Waals surface area (Å²) in [5, 5.41) is 19.3. The van der Waals surface area contributed by atoms with E-state index in [4.69, 9.17) is 10.2 Å². The fourth-order valence-electron chi connectivity index (χ4n) is 1.05. The molecule has 0 unspecified atom stereocenters. The molecule has 0 saturated carbocycles. The Balaban J connectivity index is 2.47. The van der Waals surface area contributed by atoms with Gasteiger partial charge in [-0.05, 0) is 24.3 Å². The second-order valence-electron chi connectivity index (χ2n) is 3.49. The van der Waals surface area contributed by atoms with Crippen LogP contribution >= 0.6 is 37.5 Å². The number of benzene rings is 1. The quantitative estimate of drug-likeness (QED) is 0.511. The van der Waals surface area contributed by atoms with Gasteiger partial charge in [-0.25, -0.2) is 9.59 Å². The normalized spacial score (nSPS) is 11.7. The average Bonchev–Trinajstić information content (AvgIpc) is 2.39. The number of carbonyl (C=O) groups excluding carboxylic acids is 1. The number of carboxylic acid groups (broad SMARTS) is 2. The van der Waals surface area contributed by atoms with Crippen molar-refractivity contribution in [2.24, 2.45) is 0 Å². The number of halogens is 1. The van der Waals surface area contributed by atoms with Gasteiger partial charge in [0.05, 0.1) is 0 Å². The first kappa shape index (κ1) is 16.9. The van der Waals surface area contributed by atoms with Crippen LogP contribution in [0.5, 0.6) is 0 Å². The molecule has 0 bridgehead atoms. The number of aliphatic carboxylic acids is 2. The Morgan fingerprint density at radius 1 is 1.20 bits per heavy atom. The van der Waals surface area contributed by atoms with E-state index in [2.05, 4.69) is 15.9 Å². The van der Waals surface area contributed by atoms with Crippen LogP contribution in [0.2, 0.25) is 0 Å². The van der Waals surface area contributed by atoms with Crippen molar-refractivity contribution in [2.45, 2.75) is 10.9 Å². The van der Waals surface area contributed by atoms with E-state index in [-0.39, 0.29) is 5.75 Å². The van der Waals surface area contributed by atoms with E-state index < -0.39 is 23.9 Å². The predicted molar refractivity (Wildman–Crippen MR) is 79.7 cm³/mol. The molecule has 0 aliphatic rings. The van der Waals surface area contributed by atoms with Crippen LogP contribution < -0.4 is 5.32 Å². The Hall–Kier alpha value is -1.19. The van der Waals surface area contributed by atoms with Crippen molar-refractivity contribution in [1.82, 2.24) is 5.32 Å². The van der Waals surface area contributed by atoms with E-state index in [0.29, 0.717) is 0 Å². The zero-order chi connectivity index (χ0) is 15.1. The van der Waals surface area contributed by atoms with Crippen LogP contribution in [0.3, 0.4) is 0 Å². The van der Waals surface area contributed by atoms with E-state index in [1.54, 1.807) is 0 Å². The number of hydrogen-bond acceptors (Lipinski definition) is 5. The van der Waals surface area contributed by atoms with Crippen LogP contribution in [0.1, 0.15) is 0 Å². The molecule has 0 saturated heterocycles. The van der Waals surface area contributed by atoms with Gasteiger partial charge in [0.15, 0.2) is 0 Å². The maximum Gasteiger partial charge on any atom is 0.394 e. The summed E-state index contributed by atoms with van der Waals surface area (Å²) in [6.45, 7) is 0. The van der Waals surface area contributed by atoms with Gasteiger partial charge in [-0.2, -0.15) is 0 Å². The maximum atomic E-state index is 10.9. The SMILES string of the molecule is O=C(O)C(=O)N[C@@H](CSSc1ccc(Br)cc1)C(=O)O. The van der Waals surface area contributed by atoms with Crippen molar-refractivity contribution in [1.29, 1.82) is 0 Å². The maximum absolute atomic E-state index is 10.9. The molecule has 1 atom stereocenters. The number of carboxylic acids is 2. The summed E-state index contributed by atoms with van der Waals surface area (Å²) in [5.41, 5.74) is 0. The Morgan fingerprint density at radius 3 is 2.30 bits per heavy atom. The summed E-state index contributed by atoms with van der Waals surface area (Å²) in [4.78, 5) is 33.1. The first-order chi connectivity index (χ1) is 9.40. The summed E-state index contributed by atoms with van der Waals surface area (Å²) < 4.78 is 0.934. The van der Waals surface area contributed by atoms with Crippen molar-refractivity contribution in [3.05, 3.63) is 28.7 Å². The largest absolute Gasteiger partial charge is 0.480 e. The number of nitrogens with one attached hydrogen (secondary N) is 1. The lowest BCUT2D eigenvalue weighted by atomic mass is 10.3. The average molecular weight is 380 g/mol. The van der Waals surface area contributed by atoms with E-state index in [1.165, 1.54) is 21.6 Å². The minimum Gasteiger partial charge on any atom is -0.480 e. The Bertz CT molecular complexity index is 508. The molecule has 0 aliphatic heterocycles. The van der Waals surface area contributed by atoms with Crippen LogP contribution in [-0.4, -0.2) is 39.9 Å². The molecule has 0 spiro atoms. The van der Waals surface area contributed by atoms with Crippen LogP contribution in [-0.2, 0) is 14.4 Å². The topological polar surface area (TPSA) is 104 Å². The number of carbonyl (C=O) groups is 3. The minimum atomic E-state index is -1.71. The lowest BCUT2D eigenvalue weighted by molar-refractivity contribution is -0.151. The molecule has 1 aromatic rings. The molecule has 1 amide bonds. The Kier molecular flexibility index (Phi) is 6.89. The molecule has 0 fully saturated rings. The smallest absolute Gasteiger partial charge is 0.394 e. The van der Waals surface area contributed by atoms with E-state index in [9.17, 15) is 14.4 Å². The van der Waals surface area contributed by atoms with Crippen molar-refractivity contribution in [2.75, 3.05) is 5.75 Å². The highest BCUT2D eigenvalue weighted by atomic mass is 79.9. The van der Waals surface area contributed by atoms with Crippen LogP contribution in [0, 0.1) is 0 Å². The summed E-state index contributed by atoms with van der Waals surface area (Å²) in [6.07, 6.45) is 0. The molecule has 0 radical (unpaired) electrons. The molecule has 1 aromatic carbocycles. The second kappa shape index (κ2) is 8.18. The first-order valence-electron chi connectivity index (χ1n) is 5.21. The summed E-state index contributed by atoms with van der Waals surface area (Å²) in [6, 6.07) is 6.17. The summed E-state index contributed by atoms with van der Waals surface area (Å²) >= 11 is 3.30. The van der Waals surface area contributed by atoms with Crippen molar-refractivity contribution in [3.8, 4) is 0 Å². The van der Waals surface area contributed by atoms with Crippen LogP contribution in [0.25, 0.3) is 0 Å². The van der Waals surface area contributed by atoms with Gasteiger partial charge < -0.3 is 15.5 Å².